The SMILES string of the molecule is Cc1c(C(=O)N2CCN(Cc3ccccc3)CC2)cnc2cc(C(C)(C)C)nn12. The first-order valence-electron chi connectivity index (χ1n) is 10.2. The van der Waals surface area contributed by atoms with Gasteiger partial charge in [-0.25, -0.2) is 9.50 Å². The van der Waals surface area contributed by atoms with Crippen molar-refractivity contribution >= 4 is 11.6 Å². The monoisotopic (exact) mass is 391 g/mol. The maximum absolute atomic E-state index is 13.2. The van der Waals surface area contributed by atoms with Crippen LogP contribution in [0.5, 0.6) is 0 Å². The molecule has 0 bridgehead atoms. The Morgan fingerprint density at radius 2 is 1.76 bits per heavy atom. The number of nitrogens with zero attached hydrogens (tertiary/aromatic N) is 5. The normalized spacial score (nSPS) is 15.8. The molecule has 3 heterocycles. The lowest BCUT2D eigenvalue weighted by Gasteiger charge is -2.35. The van der Waals surface area contributed by atoms with E-state index >= 15 is 0 Å². The topological polar surface area (TPSA) is 53.7 Å². The van der Waals surface area contributed by atoms with Gasteiger partial charge in [0, 0.05) is 50.4 Å². The number of hydrogen-bond acceptors (Lipinski definition) is 4. The smallest absolute Gasteiger partial charge is 0.257 e. The molecule has 3 aromatic rings. The number of aromatic nitrogens is 3. The second kappa shape index (κ2) is 7.59. The molecule has 2 aromatic heterocycles. The Labute approximate surface area is 172 Å². The molecule has 0 atom stereocenters. The van der Waals surface area contributed by atoms with Crippen molar-refractivity contribution in [3.05, 3.63) is 65.1 Å². The summed E-state index contributed by atoms with van der Waals surface area (Å²) < 4.78 is 1.81. The molecule has 0 aliphatic carbocycles. The van der Waals surface area contributed by atoms with Crippen molar-refractivity contribution in [2.75, 3.05) is 26.2 Å². The second-order valence-electron chi connectivity index (χ2n) is 8.86. The zero-order chi connectivity index (χ0) is 20.6. The third-order valence-corrected chi connectivity index (χ3v) is 5.63. The molecule has 152 valence electrons. The average Bonchev–Trinajstić information content (AvgIpc) is 3.15. The summed E-state index contributed by atoms with van der Waals surface area (Å²) in [6.45, 7) is 12.5. The Bertz CT molecular complexity index is 1010. The lowest BCUT2D eigenvalue weighted by molar-refractivity contribution is 0.0626. The van der Waals surface area contributed by atoms with E-state index < -0.39 is 0 Å². The Hall–Kier alpha value is -2.73. The predicted octanol–water partition coefficient (Wildman–Crippen LogP) is 3.29. The largest absolute Gasteiger partial charge is 0.336 e. The Morgan fingerprint density at radius 3 is 2.41 bits per heavy atom. The summed E-state index contributed by atoms with van der Waals surface area (Å²) in [6.07, 6.45) is 1.71. The number of amides is 1. The van der Waals surface area contributed by atoms with Gasteiger partial charge in [0.2, 0.25) is 0 Å². The number of hydrogen-bond donors (Lipinski definition) is 0. The number of piperazine rings is 1. The lowest BCUT2D eigenvalue weighted by Crippen LogP contribution is -2.48. The highest BCUT2D eigenvalue weighted by Crippen LogP contribution is 2.23. The summed E-state index contributed by atoms with van der Waals surface area (Å²) in [7, 11) is 0. The van der Waals surface area contributed by atoms with Crippen molar-refractivity contribution in [2.24, 2.45) is 0 Å². The lowest BCUT2D eigenvalue weighted by atomic mass is 9.93. The molecule has 0 spiro atoms. The minimum Gasteiger partial charge on any atom is -0.336 e. The molecule has 6 nitrogen and oxygen atoms in total. The molecule has 0 N–H and O–H groups in total. The van der Waals surface area contributed by atoms with Crippen LogP contribution in [-0.4, -0.2) is 56.5 Å². The number of aryl methyl sites for hydroxylation is 1. The van der Waals surface area contributed by atoms with Gasteiger partial charge >= 0.3 is 0 Å². The zero-order valence-electron chi connectivity index (χ0n) is 17.7. The highest BCUT2D eigenvalue weighted by Gasteiger charge is 2.25. The average molecular weight is 392 g/mol. The summed E-state index contributed by atoms with van der Waals surface area (Å²) in [5.41, 5.74) is 4.51. The van der Waals surface area contributed by atoms with Gasteiger partial charge in [0.1, 0.15) is 0 Å². The van der Waals surface area contributed by atoms with E-state index in [2.05, 4.69) is 54.9 Å². The van der Waals surface area contributed by atoms with Crippen LogP contribution in [0.15, 0.2) is 42.6 Å². The first-order valence-corrected chi connectivity index (χ1v) is 10.2. The Balaban J connectivity index is 1.47. The fourth-order valence-corrected chi connectivity index (χ4v) is 3.75. The fourth-order valence-electron chi connectivity index (χ4n) is 3.75. The van der Waals surface area contributed by atoms with Gasteiger partial charge in [-0.05, 0) is 12.5 Å². The maximum atomic E-state index is 13.2. The Kier molecular flexibility index (Phi) is 5.13. The van der Waals surface area contributed by atoms with Gasteiger partial charge in [-0.2, -0.15) is 5.10 Å². The molecule has 1 fully saturated rings. The summed E-state index contributed by atoms with van der Waals surface area (Å²) >= 11 is 0. The minimum atomic E-state index is -0.0562. The molecule has 0 unspecified atom stereocenters. The van der Waals surface area contributed by atoms with E-state index in [4.69, 9.17) is 5.10 Å². The maximum Gasteiger partial charge on any atom is 0.257 e. The number of benzene rings is 1. The van der Waals surface area contributed by atoms with Crippen LogP contribution in [0.4, 0.5) is 0 Å². The van der Waals surface area contributed by atoms with Gasteiger partial charge in [-0.1, -0.05) is 51.1 Å². The molecule has 1 aliphatic rings. The van der Waals surface area contributed by atoms with Gasteiger partial charge in [-0.15, -0.1) is 0 Å². The molecular weight excluding hydrogens is 362 g/mol. The van der Waals surface area contributed by atoms with Gasteiger partial charge < -0.3 is 4.90 Å². The minimum absolute atomic E-state index is 0.0454. The van der Waals surface area contributed by atoms with Crippen molar-refractivity contribution in [2.45, 2.75) is 39.7 Å². The number of carbonyl (C=O) groups excluding carboxylic acids is 1. The standard InChI is InChI=1S/C23H29N5O/c1-17-19(15-24-21-14-20(23(2,3)4)25-28(17)21)22(29)27-12-10-26(11-13-27)16-18-8-6-5-7-9-18/h5-9,14-15H,10-13,16H2,1-4H3. The number of rotatable bonds is 3. The molecule has 1 amide bonds. The molecule has 4 rings (SSSR count). The highest BCUT2D eigenvalue weighted by atomic mass is 16.2. The van der Waals surface area contributed by atoms with E-state index in [1.807, 2.05) is 24.0 Å². The van der Waals surface area contributed by atoms with Crippen molar-refractivity contribution in [3.63, 3.8) is 0 Å². The molecule has 1 aromatic carbocycles. The number of carbonyl (C=O) groups is 1. The van der Waals surface area contributed by atoms with Crippen molar-refractivity contribution in [3.8, 4) is 0 Å². The first-order chi connectivity index (χ1) is 13.8. The second-order valence-corrected chi connectivity index (χ2v) is 8.86. The number of fused-ring (bicyclic) bond motifs is 1. The van der Waals surface area contributed by atoms with Gasteiger partial charge in [0.25, 0.3) is 5.91 Å². The first kappa shape index (κ1) is 19.6. The third-order valence-electron chi connectivity index (χ3n) is 5.63. The van der Waals surface area contributed by atoms with Crippen LogP contribution in [0, 0.1) is 6.92 Å². The molecule has 1 saturated heterocycles. The van der Waals surface area contributed by atoms with Crippen LogP contribution < -0.4 is 0 Å². The molecule has 29 heavy (non-hydrogen) atoms. The van der Waals surface area contributed by atoms with Crippen LogP contribution in [0.3, 0.4) is 0 Å². The van der Waals surface area contributed by atoms with Gasteiger partial charge in [0.15, 0.2) is 5.65 Å². The van der Waals surface area contributed by atoms with Crippen LogP contribution in [0.2, 0.25) is 0 Å². The van der Waals surface area contributed by atoms with E-state index in [0.717, 1.165) is 49.8 Å². The molecular formula is C23H29N5O. The van der Waals surface area contributed by atoms with E-state index in [0.29, 0.717) is 5.56 Å². The van der Waals surface area contributed by atoms with Crippen molar-refractivity contribution < 1.29 is 4.79 Å². The highest BCUT2D eigenvalue weighted by molar-refractivity contribution is 5.95. The van der Waals surface area contributed by atoms with Crippen molar-refractivity contribution in [1.82, 2.24) is 24.4 Å². The van der Waals surface area contributed by atoms with Crippen LogP contribution in [0.25, 0.3) is 5.65 Å². The van der Waals surface area contributed by atoms with E-state index in [1.54, 1.807) is 10.7 Å². The van der Waals surface area contributed by atoms with Crippen LogP contribution in [-0.2, 0) is 12.0 Å². The Morgan fingerprint density at radius 1 is 1.07 bits per heavy atom. The predicted molar refractivity (Wildman–Crippen MR) is 114 cm³/mol. The fraction of sp³-hybridized carbons (Fsp3) is 0.435. The van der Waals surface area contributed by atoms with E-state index in [1.165, 1.54) is 5.56 Å². The van der Waals surface area contributed by atoms with Crippen LogP contribution in [0.1, 0.15) is 48.1 Å². The summed E-state index contributed by atoms with van der Waals surface area (Å²) in [5, 5.41) is 4.71. The molecule has 0 saturated carbocycles. The quantitative estimate of drug-likeness (QED) is 0.687. The van der Waals surface area contributed by atoms with Gasteiger partial charge in [0.05, 0.1) is 17.0 Å². The van der Waals surface area contributed by atoms with E-state index in [9.17, 15) is 4.79 Å². The summed E-state index contributed by atoms with van der Waals surface area (Å²) in [6, 6.07) is 12.5. The molecule has 0 radical (unpaired) electrons. The summed E-state index contributed by atoms with van der Waals surface area (Å²) in [4.78, 5) is 22.0. The molecule has 6 heteroatoms. The zero-order valence-corrected chi connectivity index (χ0v) is 17.7. The van der Waals surface area contributed by atoms with Crippen molar-refractivity contribution in [1.29, 1.82) is 0 Å². The van der Waals surface area contributed by atoms with E-state index in [-0.39, 0.29) is 11.3 Å². The van der Waals surface area contributed by atoms with Gasteiger partial charge in [-0.3, -0.25) is 9.69 Å². The summed E-state index contributed by atoms with van der Waals surface area (Å²) in [5.74, 6) is 0.0454. The molecule has 1 aliphatic heterocycles. The van der Waals surface area contributed by atoms with Crippen LogP contribution >= 0.6 is 0 Å². The third kappa shape index (κ3) is 4.03.